The van der Waals surface area contributed by atoms with Gasteiger partial charge in [-0.2, -0.15) is 0 Å². The molecular formula is C62H118N2O7P+. The molecule has 10 heteroatoms. The van der Waals surface area contributed by atoms with Crippen LogP contribution < -0.4 is 5.32 Å². The van der Waals surface area contributed by atoms with Gasteiger partial charge in [0.1, 0.15) is 19.3 Å². The van der Waals surface area contributed by atoms with Crippen LogP contribution in [0.2, 0.25) is 0 Å². The van der Waals surface area contributed by atoms with E-state index in [1.165, 1.54) is 167 Å². The molecule has 0 spiro atoms. The number of nitrogens with one attached hydrogen (secondary N) is 1. The SMILES string of the molecule is CCCCC/C=C\C/C=C\C/C=C\CCCCCCCCC(=O)OC(/C=C/CCCCCCCCCCCCC)C(COP(=O)(O)OCC[N+](C)(C)C)NC(=O)CCCCCCCCCCCCCCCC. The average molecular weight is 1030 g/mol. The van der Waals surface area contributed by atoms with Crippen molar-refractivity contribution in [2.75, 3.05) is 40.9 Å². The highest BCUT2D eigenvalue weighted by Crippen LogP contribution is 2.43. The molecule has 0 aromatic heterocycles. The van der Waals surface area contributed by atoms with Crippen molar-refractivity contribution in [3.8, 4) is 0 Å². The van der Waals surface area contributed by atoms with Gasteiger partial charge in [0.05, 0.1) is 33.8 Å². The number of carbonyl (C=O) groups is 2. The number of nitrogens with zero attached hydrogens (tertiary/aromatic N) is 1. The maximum Gasteiger partial charge on any atom is 0.472 e. The Morgan fingerprint density at radius 1 is 0.486 bits per heavy atom. The predicted octanol–water partition coefficient (Wildman–Crippen LogP) is 18.5. The number of amides is 1. The molecule has 0 heterocycles. The molecule has 0 rings (SSSR count). The number of hydrogen-bond donors (Lipinski definition) is 2. The normalized spacial score (nSPS) is 14.0. The quantitative estimate of drug-likeness (QED) is 0.0205. The topological polar surface area (TPSA) is 111 Å². The minimum atomic E-state index is -4.45. The molecule has 3 atom stereocenters. The first kappa shape index (κ1) is 70.0. The number of esters is 1. The third-order valence-electron chi connectivity index (χ3n) is 13.5. The van der Waals surface area contributed by atoms with Crippen molar-refractivity contribution in [2.24, 2.45) is 0 Å². The van der Waals surface area contributed by atoms with Gasteiger partial charge in [0, 0.05) is 12.8 Å². The highest BCUT2D eigenvalue weighted by Gasteiger charge is 2.30. The Labute approximate surface area is 446 Å². The van der Waals surface area contributed by atoms with Gasteiger partial charge in [-0.1, -0.05) is 250 Å². The van der Waals surface area contributed by atoms with Crippen LogP contribution in [0.25, 0.3) is 0 Å². The van der Waals surface area contributed by atoms with E-state index in [2.05, 4.69) is 62.5 Å². The molecule has 72 heavy (non-hydrogen) atoms. The highest BCUT2D eigenvalue weighted by atomic mass is 31.2. The Kier molecular flexibility index (Phi) is 50.9. The van der Waals surface area contributed by atoms with Gasteiger partial charge in [-0.05, 0) is 70.3 Å². The number of unbranched alkanes of at least 4 members (excludes halogenated alkanes) is 33. The van der Waals surface area contributed by atoms with E-state index in [0.29, 0.717) is 17.4 Å². The van der Waals surface area contributed by atoms with Crippen molar-refractivity contribution in [1.29, 1.82) is 0 Å². The maximum absolute atomic E-state index is 13.5. The maximum atomic E-state index is 13.5. The lowest BCUT2D eigenvalue weighted by Crippen LogP contribution is -2.47. The third kappa shape index (κ3) is 52.8. The number of allylic oxidation sites excluding steroid dienone is 7. The molecule has 0 fully saturated rings. The number of phosphoric acid groups is 1. The molecule has 0 radical (unpaired) electrons. The summed E-state index contributed by atoms with van der Waals surface area (Å²) in [5, 5.41) is 3.05. The van der Waals surface area contributed by atoms with Gasteiger partial charge in [0.25, 0.3) is 0 Å². The first-order valence-electron chi connectivity index (χ1n) is 30.5. The van der Waals surface area contributed by atoms with E-state index in [9.17, 15) is 19.0 Å². The van der Waals surface area contributed by atoms with Gasteiger partial charge < -0.3 is 19.4 Å². The highest BCUT2D eigenvalue weighted by molar-refractivity contribution is 7.47. The Hall–Kier alpha value is -2.03. The molecule has 0 aliphatic heterocycles. The van der Waals surface area contributed by atoms with Crippen molar-refractivity contribution in [2.45, 2.75) is 296 Å². The summed E-state index contributed by atoms with van der Waals surface area (Å²) >= 11 is 0. The van der Waals surface area contributed by atoms with Crippen LogP contribution in [0.4, 0.5) is 0 Å². The molecule has 0 aromatic rings. The van der Waals surface area contributed by atoms with E-state index >= 15 is 0 Å². The smallest absolute Gasteiger partial charge is 0.456 e. The minimum absolute atomic E-state index is 0.0390. The van der Waals surface area contributed by atoms with E-state index < -0.39 is 20.0 Å². The lowest BCUT2D eigenvalue weighted by atomic mass is 10.0. The van der Waals surface area contributed by atoms with Crippen molar-refractivity contribution >= 4 is 19.7 Å². The van der Waals surface area contributed by atoms with E-state index in [1.54, 1.807) is 0 Å². The molecule has 2 N–H and O–H groups in total. The zero-order valence-corrected chi connectivity index (χ0v) is 49.1. The molecule has 0 saturated heterocycles. The van der Waals surface area contributed by atoms with E-state index in [-0.39, 0.29) is 31.5 Å². The summed E-state index contributed by atoms with van der Waals surface area (Å²) in [4.78, 5) is 37.7. The summed E-state index contributed by atoms with van der Waals surface area (Å²) in [6, 6.07) is -0.850. The summed E-state index contributed by atoms with van der Waals surface area (Å²) in [6.07, 6.45) is 63.8. The fourth-order valence-electron chi connectivity index (χ4n) is 8.77. The molecule has 0 aliphatic rings. The van der Waals surface area contributed by atoms with Crippen LogP contribution in [0, 0.1) is 0 Å². The lowest BCUT2D eigenvalue weighted by Gasteiger charge is -2.27. The average Bonchev–Trinajstić information content (AvgIpc) is 3.34. The van der Waals surface area contributed by atoms with Crippen LogP contribution in [-0.2, 0) is 27.9 Å². The molecule has 0 aliphatic carbocycles. The molecule has 0 saturated carbocycles. The lowest BCUT2D eigenvalue weighted by molar-refractivity contribution is -0.870. The van der Waals surface area contributed by atoms with Crippen molar-refractivity contribution in [3.63, 3.8) is 0 Å². The fraction of sp³-hybridized carbons (Fsp3) is 0.839. The van der Waals surface area contributed by atoms with Crippen LogP contribution in [0.15, 0.2) is 48.6 Å². The molecule has 0 bridgehead atoms. The minimum Gasteiger partial charge on any atom is -0.456 e. The Morgan fingerprint density at radius 2 is 0.847 bits per heavy atom. The fourth-order valence-corrected chi connectivity index (χ4v) is 9.51. The molecule has 0 aromatic carbocycles. The van der Waals surface area contributed by atoms with E-state index in [1.807, 2.05) is 33.3 Å². The number of rotatable bonds is 55. The molecule has 9 nitrogen and oxygen atoms in total. The van der Waals surface area contributed by atoms with Crippen molar-refractivity contribution in [3.05, 3.63) is 48.6 Å². The summed E-state index contributed by atoms with van der Waals surface area (Å²) in [5.41, 5.74) is 0. The number of phosphoric ester groups is 1. The first-order valence-corrected chi connectivity index (χ1v) is 32.0. The predicted molar refractivity (Wildman–Crippen MR) is 309 cm³/mol. The Bertz CT molecular complexity index is 1380. The second kappa shape index (κ2) is 52.4. The molecule has 1 amide bonds. The van der Waals surface area contributed by atoms with Gasteiger partial charge in [0.15, 0.2) is 0 Å². The van der Waals surface area contributed by atoms with Gasteiger partial charge in [-0.25, -0.2) is 4.57 Å². The van der Waals surface area contributed by atoms with Crippen molar-refractivity contribution in [1.82, 2.24) is 5.32 Å². The Balaban J connectivity index is 5.32. The number of quaternary nitrogens is 1. The number of ether oxygens (including phenoxy) is 1. The zero-order chi connectivity index (χ0) is 52.9. The van der Waals surface area contributed by atoms with Crippen LogP contribution in [0.5, 0.6) is 0 Å². The number of hydrogen-bond acceptors (Lipinski definition) is 6. The molecule has 3 unspecified atom stereocenters. The summed E-state index contributed by atoms with van der Waals surface area (Å²) < 4.78 is 30.7. The van der Waals surface area contributed by atoms with E-state index in [0.717, 1.165) is 83.5 Å². The summed E-state index contributed by atoms with van der Waals surface area (Å²) in [6.45, 7) is 7.00. The van der Waals surface area contributed by atoms with Crippen LogP contribution in [0.3, 0.4) is 0 Å². The van der Waals surface area contributed by atoms with Crippen LogP contribution in [0.1, 0.15) is 284 Å². The standard InChI is InChI=1S/C62H117N2O7P/c1-7-10-13-16-19-22-25-28-30-31-32-33-34-37-40-43-46-49-52-55-62(66)71-60(53-50-47-44-41-38-35-27-24-21-18-15-12-9-3)59(58-70-72(67,68)69-57-56-64(4,5)6)63-61(65)54-51-48-45-42-39-36-29-26-23-20-17-14-11-8-2/h19,22,28,30,32-33,50,53,59-60H,7-18,20-21,23-27,29,31,34-49,51-52,54-58H2,1-6H3,(H-,63,65,67,68)/p+1/b22-19-,30-28-,33-32-,53-50+. The second-order valence-corrected chi connectivity index (χ2v) is 23.3. The largest absolute Gasteiger partial charge is 0.472 e. The van der Waals surface area contributed by atoms with Gasteiger partial charge in [0.2, 0.25) is 5.91 Å². The van der Waals surface area contributed by atoms with Gasteiger partial charge >= 0.3 is 13.8 Å². The summed E-state index contributed by atoms with van der Waals surface area (Å²) in [7, 11) is 1.49. The van der Waals surface area contributed by atoms with Gasteiger partial charge in [-0.3, -0.25) is 18.6 Å². The third-order valence-corrected chi connectivity index (χ3v) is 14.5. The second-order valence-electron chi connectivity index (χ2n) is 21.9. The van der Waals surface area contributed by atoms with Crippen molar-refractivity contribution < 1.29 is 37.3 Å². The number of carbonyl (C=O) groups excluding carboxylic acids is 2. The zero-order valence-electron chi connectivity index (χ0n) is 48.2. The monoisotopic (exact) mass is 1030 g/mol. The van der Waals surface area contributed by atoms with E-state index in [4.69, 9.17) is 13.8 Å². The molecular weight excluding hydrogens is 916 g/mol. The van der Waals surface area contributed by atoms with Gasteiger partial charge in [-0.15, -0.1) is 0 Å². The van der Waals surface area contributed by atoms with Crippen LogP contribution in [-0.4, -0.2) is 74.3 Å². The first-order chi connectivity index (χ1) is 34.9. The Morgan fingerprint density at radius 3 is 1.29 bits per heavy atom. The molecule has 422 valence electrons. The summed E-state index contributed by atoms with van der Waals surface area (Å²) in [5.74, 6) is -0.510. The van der Waals surface area contributed by atoms with Crippen LogP contribution >= 0.6 is 7.82 Å². The number of likely N-dealkylation sites (N-methyl/N-ethyl adjacent to an activating group) is 1.